The topological polar surface area (TPSA) is 50.9 Å². The van der Waals surface area contributed by atoms with Gasteiger partial charge in [0.2, 0.25) is 0 Å². The van der Waals surface area contributed by atoms with E-state index in [4.69, 9.17) is 17.4 Å². The molecule has 0 aliphatic rings. The molecule has 0 aliphatic carbocycles. The van der Waals surface area contributed by atoms with Crippen LogP contribution in [-0.4, -0.2) is 4.98 Å². The molecule has 1 rings (SSSR count). The summed E-state index contributed by atoms with van der Waals surface area (Å²) < 4.78 is 0. The van der Waals surface area contributed by atoms with Gasteiger partial charge < -0.3 is 0 Å². The summed E-state index contributed by atoms with van der Waals surface area (Å²) in [5, 5.41) is 0.670. The van der Waals surface area contributed by atoms with Crippen molar-refractivity contribution in [3.63, 3.8) is 0 Å². The standard InChI is InChI=1S/C11H18ClN3/c1-3-8(2)6-11(15-13)9-4-5-14-7-10(9)12/h4-5,7-8,11,15H,3,6,13H2,1-2H3. The van der Waals surface area contributed by atoms with Gasteiger partial charge in [-0.3, -0.25) is 16.3 Å². The summed E-state index contributed by atoms with van der Waals surface area (Å²) in [5.74, 6) is 6.17. The molecule has 0 bridgehead atoms. The van der Waals surface area contributed by atoms with E-state index in [0.29, 0.717) is 10.9 Å². The van der Waals surface area contributed by atoms with Gasteiger partial charge in [-0.05, 0) is 24.0 Å². The van der Waals surface area contributed by atoms with Gasteiger partial charge in [-0.15, -0.1) is 0 Å². The highest BCUT2D eigenvalue weighted by molar-refractivity contribution is 6.31. The van der Waals surface area contributed by atoms with Crippen molar-refractivity contribution < 1.29 is 0 Å². The van der Waals surface area contributed by atoms with E-state index >= 15 is 0 Å². The van der Waals surface area contributed by atoms with E-state index in [-0.39, 0.29) is 6.04 Å². The molecule has 1 aromatic heterocycles. The van der Waals surface area contributed by atoms with Crippen molar-refractivity contribution in [1.29, 1.82) is 0 Å². The lowest BCUT2D eigenvalue weighted by atomic mass is 9.95. The summed E-state index contributed by atoms with van der Waals surface area (Å²) >= 11 is 6.07. The summed E-state index contributed by atoms with van der Waals surface area (Å²) in [6.07, 6.45) is 5.51. The SMILES string of the molecule is CCC(C)CC(NN)c1ccncc1Cl. The van der Waals surface area contributed by atoms with Crippen LogP contribution < -0.4 is 11.3 Å². The molecule has 2 unspecified atom stereocenters. The maximum atomic E-state index is 6.07. The zero-order chi connectivity index (χ0) is 11.3. The Balaban J connectivity index is 2.78. The van der Waals surface area contributed by atoms with Crippen LogP contribution in [0.4, 0.5) is 0 Å². The first-order valence-electron chi connectivity index (χ1n) is 5.24. The van der Waals surface area contributed by atoms with Crippen LogP contribution >= 0.6 is 11.6 Å². The molecule has 15 heavy (non-hydrogen) atoms. The number of nitrogens with zero attached hydrogens (tertiary/aromatic N) is 1. The molecule has 3 N–H and O–H groups in total. The summed E-state index contributed by atoms with van der Waals surface area (Å²) in [6.45, 7) is 4.38. The fraction of sp³-hybridized carbons (Fsp3) is 0.545. The summed E-state index contributed by atoms with van der Waals surface area (Å²) in [5.41, 5.74) is 3.83. The molecule has 84 valence electrons. The Kier molecular flexibility index (Phi) is 5.02. The first-order valence-corrected chi connectivity index (χ1v) is 5.62. The Bertz CT molecular complexity index is 304. The highest BCUT2D eigenvalue weighted by atomic mass is 35.5. The number of pyridine rings is 1. The molecule has 0 spiro atoms. The lowest BCUT2D eigenvalue weighted by molar-refractivity contribution is 0.407. The highest BCUT2D eigenvalue weighted by Crippen LogP contribution is 2.27. The van der Waals surface area contributed by atoms with Gasteiger partial charge in [0.25, 0.3) is 0 Å². The fourth-order valence-electron chi connectivity index (χ4n) is 1.52. The number of nitrogens with one attached hydrogen (secondary N) is 1. The highest BCUT2D eigenvalue weighted by Gasteiger charge is 2.15. The minimum Gasteiger partial charge on any atom is -0.271 e. The van der Waals surface area contributed by atoms with E-state index in [2.05, 4.69) is 24.3 Å². The lowest BCUT2D eigenvalue weighted by Gasteiger charge is -2.20. The maximum Gasteiger partial charge on any atom is 0.0637 e. The zero-order valence-electron chi connectivity index (χ0n) is 9.20. The number of rotatable bonds is 5. The zero-order valence-corrected chi connectivity index (χ0v) is 9.96. The second-order valence-corrected chi connectivity index (χ2v) is 4.27. The van der Waals surface area contributed by atoms with E-state index in [0.717, 1.165) is 18.4 Å². The van der Waals surface area contributed by atoms with Crippen LogP contribution in [-0.2, 0) is 0 Å². The van der Waals surface area contributed by atoms with Gasteiger partial charge in [-0.25, -0.2) is 0 Å². The van der Waals surface area contributed by atoms with E-state index < -0.39 is 0 Å². The molecular weight excluding hydrogens is 210 g/mol. The van der Waals surface area contributed by atoms with Crippen LogP contribution in [0.25, 0.3) is 0 Å². The minimum atomic E-state index is 0.107. The van der Waals surface area contributed by atoms with Crippen molar-refractivity contribution in [1.82, 2.24) is 10.4 Å². The summed E-state index contributed by atoms with van der Waals surface area (Å²) in [7, 11) is 0. The van der Waals surface area contributed by atoms with E-state index in [1.165, 1.54) is 0 Å². The molecule has 1 aromatic rings. The average Bonchev–Trinajstić information content (AvgIpc) is 2.26. The van der Waals surface area contributed by atoms with Gasteiger partial charge in [0.1, 0.15) is 0 Å². The molecule has 3 nitrogen and oxygen atoms in total. The number of nitrogens with two attached hydrogens (primary N) is 1. The number of hydrogen-bond donors (Lipinski definition) is 2. The van der Waals surface area contributed by atoms with Gasteiger partial charge >= 0.3 is 0 Å². The molecule has 0 radical (unpaired) electrons. The average molecular weight is 228 g/mol. The quantitative estimate of drug-likeness (QED) is 0.601. The van der Waals surface area contributed by atoms with Gasteiger partial charge in [-0.1, -0.05) is 31.9 Å². The van der Waals surface area contributed by atoms with Gasteiger partial charge in [-0.2, -0.15) is 0 Å². The van der Waals surface area contributed by atoms with Crippen LogP contribution in [0.3, 0.4) is 0 Å². The van der Waals surface area contributed by atoms with Crippen LogP contribution in [0.5, 0.6) is 0 Å². The van der Waals surface area contributed by atoms with Crippen molar-refractivity contribution in [3.8, 4) is 0 Å². The molecule has 0 saturated carbocycles. The summed E-state index contributed by atoms with van der Waals surface area (Å²) in [4.78, 5) is 3.96. The van der Waals surface area contributed by atoms with E-state index in [1.807, 2.05) is 6.07 Å². The van der Waals surface area contributed by atoms with Crippen molar-refractivity contribution in [2.75, 3.05) is 0 Å². The molecule has 1 heterocycles. The molecule has 0 aromatic carbocycles. The largest absolute Gasteiger partial charge is 0.271 e. The predicted octanol–water partition coefficient (Wildman–Crippen LogP) is 2.68. The lowest BCUT2D eigenvalue weighted by Crippen LogP contribution is -2.29. The first kappa shape index (κ1) is 12.4. The van der Waals surface area contributed by atoms with Crippen LogP contribution in [0.1, 0.15) is 38.3 Å². The molecule has 0 fully saturated rings. The monoisotopic (exact) mass is 227 g/mol. The van der Waals surface area contributed by atoms with E-state index in [1.54, 1.807) is 12.4 Å². The smallest absolute Gasteiger partial charge is 0.0637 e. The Morgan fingerprint density at radius 2 is 2.33 bits per heavy atom. The third-order valence-corrected chi connectivity index (χ3v) is 3.03. The number of aromatic nitrogens is 1. The third-order valence-electron chi connectivity index (χ3n) is 2.72. The Labute approximate surface area is 96.0 Å². The summed E-state index contributed by atoms with van der Waals surface area (Å²) in [6, 6.07) is 2.02. The third kappa shape index (κ3) is 3.45. The second kappa shape index (κ2) is 6.05. The van der Waals surface area contributed by atoms with Gasteiger partial charge in [0.15, 0.2) is 0 Å². The molecule has 2 atom stereocenters. The number of hydrogen-bond acceptors (Lipinski definition) is 3. The molecule has 4 heteroatoms. The van der Waals surface area contributed by atoms with Crippen molar-refractivity contribution in [2.45, 2.75) is 32.7 Å². The van der Waals surface area contributed by atoms with Crippen LogP contribution in [0.2, 0.25) is 5.02 Å². The molecule has 0 saturated heterocycles. The van der Waals surface area contributed by atoms with Crippen molar-refractivity contribution in [3.05, 3.63) is 29.0 Å². The molecular formula is C11H18ClN3. The Morgan fingerprint density at radius 3 is 2.87 bits per heavy atom. The predicted molar refractivity (Wildman–Crippen MR) is 63.4 cm³/mol. The van der Waals surface area contributed by atoms with Crippen LogP contribution in [0, 0.1) is 5.92 Å². The van der Waals surface area contributed by atoms with Crippen LogP contribution in [0.15, 0.2) is 18.5 Å². The number of halogens is 1. The van der Waals surface area contributed by atoms with Gasteiger partial charge in [0, 0.05) is 18.4 Å². The normalized spacial score (nSPS) is 14.9. The number of hydrazine groups is 1. The van der Waals surface area contributed by atoms with Crippen molar-refractivity contribution >= 4 is 11.6 Å². The maximum absolute atomic E-state index is 6.07. The van der Waals surface area contributed by atoms with Gasteiger partial charge in [0.05, 0.1) is 5.02 Å². The van der Waals surface area contributed by atoms with Crippen molar-refractivity contribution in [2.24, 2.45) is 11.8 Å². The first-order chi connectivity index (χ1) is 7.19. The van der Waals surface area contributed by atoms with E-state index in [9.17, 15) is 0 Å². The second-order valence-electron chi connectivity index (χ2n) is 3.87. The minimum absolute atomic E-state index is 0.107. The Hall–Kier alpha value is -0.640. The Morgan fingerprint density at radius 1 is 1.60 bits per heavy atom. The fourth-order valence-corrected chi connectivity index (χ4v) is 1.77. The molecule has 0 aliphatic heterocycles. The molecule has 0 amide bonds.